The molecule has 0 heterocycles. The summed E-state index contributed by atoms with van der Waals surface area (Å²) in [5.74, 6) is -0.0472. The van der Waals surface area contributed by atoms with E-state index in [-0.39, 0.29) is 12.5 Å². The molecule has 0 saturated heterocycles. The van der Waals surface area contributed by atoms with Crippen LogP contribution in [0.15, 0.2) is 24.3 Å². The molecule has 0 aliphatic rings. The molecule has 3 heteroatoms. The van der Waals surface area contributed by atoms with Crippen LogP contribution >= 0.6 is 0 Å². The summed E-state index contributed by atoms with van der Waals surface area (Å²) in [6, 6.07) is 7.89. The zero-order valence-electron chi connectivity index (χ0n) is 10.8. The summed E-state index contributed by atoms with van der Waals surface area (Å²) < 4.78 is 0. The van der Waals surface area contributed by atoms with E-state index in [1.807, 2.05) is 45.0 Å². The molecule has 0 fully saturated rings. The molecule has 0 spiro atoms. The lowest BCUT2D eigenvalue weighted by Gasteiger charge is -2.27. The third kappa shape index (κ3) is 4.19. The van der Waals surface area contributed by atoms with Crippen LogP contribution in [0.1, 0.15) is 31.4 Å². The lowest BCUT2D eigenvalue weighted by molar-refractivity contribution is -0.122. The molecule has 0 saturated carbocycles. The Labute approximate surface area is 103 Å². The van der Waals surface area contributed by atoms with Crippen LogP contribution in [0.2, 0.25) is 0 Å². The minimum absolute atomic E-state index is 0.0386. The van der Waals surface area contributed by atoms with E-state index in [1.54, 1.807) is 0 Å². The van der Waals surface area contributed by atoms with E-state index >= 15 is 0 Å². The van der Waals surface area contributed by atoms with Crippen molar-refractivity contribution in [2.24, 2.45) is 0 Å². The van der Waals surface area contributed by atoms with E-state index in [0.717, 1.165) is 11.1 Å². The van der Waals surface area contributed by atoms with Crippen molar-refractivity contribution in [1.82, 2.24) is 5.32 Å². The third-order valence-electron chi connectivity index (χ3n) is 3.02. The van der Waals surface area contributed by atoms with Gasteiger partial charge in [-0.3, -0.25) is 4.79 Å². The van der Waals surface area contributed by atoms with Gasteiger partial charge in [0.05, 0.1) is 18.6 Å². The smallest absolute Gasteiger partial charge is 0.224 e. The number of hydrogen-bond acceptors (Lipinski definition) is 2. The van der Waals surface area contributed by atoms with Gasteiger partial charge in [-0.25, -0.2) is 0 Å². The third-order valence-corrected chi connectivity index (χ3v) is 3.02. The molecule has 1 amide bonds. The van der Waals surface area contributed by atoms with E-state index in [0.29, 0.717) is 12.8 Å². The molecule has 0 radical (unpaired) electrons. The fourth-order valence-electron chi connectivity index (χ4n) is 1.63. The predicted molar refractivity (Wildman–Crippen MR) is 68.8 cm³/mol. The predicted octanol–water partition coefficient (Wildman–Crippen LogP) is 1.81. The van der Waals surface area contributed by atoms with Gasteiger partial charge in [-0.15, -0.1) is 0 Å². The second-order valence-electron chi connectivity index (χ2n) is 4.79. The number of aliphatic hydroxyl groups is 1. The van der Waals surface area contributed by atoms with Crippen LogP contribution < -0.4 is 5.32 Å². The van der Waals surface area contributed by atoms with Crippen LogP contribution in [0.3, 0.4) is 0 Å². The maximum absolute atomic E-state index is 11.8. The highest BCUT2D eigenvalue weighted by atomic mass is 16.3. The molecular weight excluding hydrogens is 214 g/mol. The van der Waals surface area contributed by atoms with Gasteiger partial charge in [-0.05, 0) is 25.8 Å². The molecule has 0 aliphatic heterocycles. The largest absolute Gasteiger partial charge is 0.394 e. The molecule has 1 aromatic carbocycles. The molecule has 1 rings (SSSR count). The van der Waals surface area contributed by atoms with Gasteiger partial charge in [0.15, 0.2) is 0 Å². The Bertz CT molecular complexity index is 384. The highest BCUT2D eigenvalue weighted by Gasteiger charge is 2.22. The summed E-state index contributed by atoms with van der Waals surface area (Å²) in [7, 11) is 0. The van der Waals surface area contributed by atoms with Crippen molar-refractivity contribution in [1.29, 1.82) is 0 Å². The normalized spacial score (nSPS) is 14.1. The van der Waals surface area contributed by atoms with Crippen molar-refractivity contribution in [3.8, 4) is 0 Å². The van der Waals surface area contributed by atoms with Crippen LogP contribution in [0, 0.1) is 6.92 Å². The summed E-state index contributed by atoms with van der Waals surface area (Å²) in [5, 5.41) is 12.1. The number of nitrogens with one attached hydrogen (secondary N) is 1. The molecule has 1 aromatic rings. The molecule has 2 N–H and O–H groups in total. The number of benzene rings is 1. The van der Waals surface area contributed by atoms with Crippen molar-refractivity contribution < 1.29 is 9.90 Å². The van der Waals surface area contributed by atoms with Gasteiger partial charge in [0.1, 0.15) is 0 Å². The zero-order chi connectivity index (χ0) is 12.9. The summed E-state index contributed by atoms with van der Waals surface area (Å²) in [6.07, 6.45) is 1.07. The molecule has 94 valence electrons. The minimum Gasteiger partial charge on any atom is -0.394 e. The number of aliphatic hydroxyl groups excluding tert-OH is 1. The zero-order valence-corrected chi connectivity index (χ0v) is 10.8. The summed E-state index contributed by atoms with van der Waals surface area (Å²) in [6.45, 7) is 5.76. The molecule has 0 bridgehead atoms. The van der Waals surface area contributed by atoms with Crippen LogP contribution in [0.4, 0.5) is 0 Å². The second kappa shape index (κ2) is 5.82. The summed E-state index contributed by atoms with van der Waals surface area (Å²) in [4.78, 5) is 11.8. The number of hydrogen-bond donors (Lipinski definition) is 2. The Morgan fingerprint density at radius 1 is 1.47 bits per heavy atom. The van der Waals surface area contributed by atoms with E-state index in [9.17, 15) is 9.90 Å². The van der Waals surface area contributed by atoms with Crippen molar-refractivity contribution in [2.75, 3.05) is 6.61 Å². The van der Waals surface area contributed by atoms with Crippen molar-refractivity contribution >= 4 is 5.91 Å². The number of carbonyl (C=O) groups excluding carboxylic acids is 1. The molecular formula is C14H21NO2. The Hall–Kier alpha value is -1.35. The Kier molecular flexibility index (Phi) is 4.70. The second-order valence-corrected chi connectivity index (χ2v) is 4.79. The molecule has 3 nitrogen and oxygen atoms in total. The van der Waals surface area contributed by atoms with Crippen LogP contribution in [0.25, 0.3) is 0 Å². The van der Waals surface area contributed by atoms with Gasteiger partial charge in [-0.1, -0.05) is 36.8 Å². The number of aryl methyl sites for hydroxylation is 1. The minimum atomic E-state index is -0.513. The average molecular weight is 235 g/mol. The molecule has 17 heavy (non-hydrogen) atoms. The number of rotatable bonds is 5. The van der Waals surface area contributed by atoms with E-state index in [1.165, 1.54) is 0 Å². The lowest BCUT2D eigenvalue weighted by Crippen LogP contribution is -2.48. The van der Waals surface area contributed by atoms with Gasteiger partial charge in [0.2, 0.25) is 5.91 Å². The topological polar surface area (TPSA) is 49.3 Å². The first-order valence-corrected chi connectivity index (χ1v) is 5.96. The van der Waals surface area contributed by atoms with Crippen LogP contribution in [0.5, 0.6) is 0 Å². The Balaban J connectivity index is 2.61. The molecule has 0 aromatic heterocycles. The maximum Gasteiger partial charge on any atom is 0.224 e. The summed E-state index contributed by atoms with van der Waals surface area (Å²) in [5.41, 5.74) is 1.63. The lowest BCUT2D eigenvalue weighted by atomic mass is 9.99. The SMILES string of the molecule is CCC(C)(CO)NC(=O)Cc1cccc(C)c1. The summed E-state index contributed by atoms with van der Waals surface area (Å²) >= 11 is 0. The molecule has 1 unspecified atom stereocenters. The fourth-order valence-corrected chi connectivity index (χ4v) is 1.63. The first-order valence-electron chi connectivity index (χ1n) is 5.96. The van der Waals surface area contributed by atoms with Gasteiger partial charge >= 0.3 is 0 Å². The van der Waals surface area contributed by atoms with E-state index in [4.69, 9.17) is 0 Å². The quantitative estimate of drug-likeness (QED) is 0.818. The average Bonchev–Trinajstić information content (AvgIpc) is 2.28. The van der Waals surface area contributed by atoms with Crippen molar-refractivity contribution in [3.05, 3.63) is 35.4 Å². The van der Waals surface area contributed by atoms with Gasteiger partial charge in [0.25, 0.3) is 0 Å². The molecule has 1 atom stereocenters. The van der Waals surface area contributed by atoms with Crippen LogP contribution in [-0.2, 0) is 11.2 Å². The Morgan fingerprint density at radius 2 is 2.18 bits per heavy atom. The first-order chi connectivity index (χ1) is 7.99. The maximum atomic E-state index is 11.8. The standard InChI is InChI=1S/C14H21NO2/c1-4-14(3,10-16)15-13(17)9-12-7-5-6-11(2)8-12/h5-8,16H,4,9-10H2,1-3H3,(H,15,17). The molecule has 0 aliphatic carbocycles. The van der Waals surface area contributed by atoms with Gasteiger partial charge < -0.3 is 10.4 Å². The van der Waals surface area contributed by atoms with E-state index in [2.05, 4.69) is 5.32 Å². The fraction of sp³-hybridized carbons (Fsp3) is 0.500. The first kappa shape index (κ1) is 13.7. The number of amides is 1. The van der Waals surface area contributed by atoms with Gasteiger partial charge in [-0.2, -0.15) is 0 Å². The highest BCUT2D eigenvalue weighted by molar-refractivity contribution is 5.79. The Morgan fingerprint density at radius 3 is 2.71 bits per heavy atom. The van der Waals surface area contributed by atoms with Crippen molar-refractivity contribution in [2.45, 2.75) is 39.2 Å². The van der Waals surface area contributed by atoms with Gasteiger partial charge in [0, 0.05) is 0 Å². The number of carbonyl (C=O) groups is 1. The van der Waals surface area contributed by atoms with Crippen LogP contribution in [-0.4, -0.2) is 23.2 Å². The highest BCUT2D eigenvalue weighted by Crippen LogP contribution is 2.09. The van der Waals surface area contributed by atoms with E-state index < -0.39 is 5.54 Å². The van der Waals surface area contributed by atoms with Crippen molar-refractivity contribution in [3.63, 3.8) is 0 Å². The monoisotopic (exact) mass is 235 g/mol.